The van der Waals surface area contributed by atoms with Gasteiger partial charge in [-0.25, -0.2) is 0 Å². The molecule has 1 heterocycles. The Morgan fingerprint density at radius 3 is 2.43 bits per heavy atom. The molecule has 0 saturated carbocycles. The van der Waals surface area contributed by atoms with Crippen molar-refractivity contribution in [1.82, 2.24) is 4.90 Å². The van der Waals surface area contributed by atoms with Gasteiger partial charge in [-0.1, -0.05) is 42.2 Å². The van der Waals surface area contributed by atoms with E-state index >= 15 is 0 Å². The van der Waals surface area contributed by atoms with Gasteiger partial charge in [-0.3, -0.25) is 0 Å². The van der Waals surface area contributed by atoms with Crippen molar-refractivity contribution in [1.29, 1.82) is 0 Å². The molecule has 2 aromatic carbocycles. The Labute approximate surface area is 185 Å². The van der Waals surface area contributed by atoms with Gasteiger partial charge in [0.15, 0.2) is 11.5 Å². The molecule has 160 valence electrons. The van der Waals surface area contributed by atoms with Crippen molar-refractivity contribution < 1.29 is 24.8 Å². The van der Waals surface area contributed by atoms with Crippen LogP contribution in [0, 0.1) is 0 Å². The van der Waals surface area contributed by atoms with E-state index in [1.165, 1.54) is 18.2 Å². The topological polar surface area (TPSA) is 82.4 Å². The molecule has 3 rings (SSSR count). The minimum absolute atomic E-state index is 0.00915. The lowest BCUT2D eigenvalue weighted by Crippen LogP contribution is -2.38. The largest absolute Gasteiger partial charge is 0.508 e. The van der Waals surface area contributed by atoms with Crippen molar-refractivity contribution in [3.8, 4) is 23.0 Å². The normalized spacial score (nSPS) is 14.2. The Hall–Kier alpha value is -2.42. The lowest BCUT2D eigenvalue weighted by atomic mass is 10.1. The van der Waals surface area contributed by atoms with Crippen LogP contribution in [0.4, 0.5) is 0 Å². The quantitative estimate of drug-likeness (QED) is 0.333. The number of morpholine rings is 1. The molecule has 1 fully saturated rings. The lowest BCUT2D eigenvalue weighted by molar-refractivity contribution is 0.0702. The zero-order valence-electron chi connectivity index (χ0n) is 16.5. The van der Waals surface area contributed by atoms with Crippen LogP contribution >= 0.6 is 24.0 Å². The molecular formula is C22H25NO5S2. The van der Waals surface area contributed by atoms with Crippen LogP contribution in [-0.2, 0) is 4.74 Å². The van der Waals surface area contributed by atoms with E-state index < -0.39 is 0 Å². The minimum atomic E-state index is -0.00915. The Morgan fingerprint density at radius 1 is 1.03 bits per heavy atom. The molecule has 0 radical (unpaired) electrons. The monoisotopic (exact) mass is 447 g/mol. The van der Waals surface area contributed by atoms with Crippen molar-refractivity contribution in [2.75, 3.05) is 38.7 Å². The molecule has 30 heavy (non-hydrogen) atoms. The third kappa shape index (κ3) is 6.83. The Balaban J connectivity index is 1.43. The zero-order valence-corrected chi connectivity index (χ0v) is 18.1. The van der Waals surface area contributed by atoms with Gasteiger partial charge in [0.1, 0.15) is 15.8 Å². The van der Waals surface area contributed by atoms with E-state index in [0.29, 0.717) is 17.9 Å². The Kier molecular flexibility index (Phi) is 8.24. The Bertz CT molecular complexity index is 877. The van der Waals surface area contributed by atoms with Gasteiger partial charge in [0.05, 0.1) is 19.8 Å². The lowest BCUT2D eigenvalue weighted by Gasteiger charge is -2.28. The summed E-state index contributed by atoms with van der Waals surface area (Å²) >= 11 is 7.09. The summed E-state index contributed by atoms with van der Waals surface area (Å²) in [5.41, 5.74) is 1.42. The van der Waals surface area contributed by atoms with Crippen LogP contribution in [0.5, 0.6) is 23.0 Å². The van der Waals surface area contributed by atoms with E-state index in [1.807, 2.05) is 6.07 Å². The number of rotatable bonds is 7. The second-order valence-electron chi connectivity index (χ2n) is 6.76. The highest BCUT2D eigenvalue weighted by Crippen LogP contribution is 2.28. The molecule has 0 atom stereocenters. The zero-order chi connectivity index (χ0) is 21.3. The van der Waals surface area contributed by atoms with E-state index in [4.69, 9.17) is 21.7 Å². The molecule has 6 nitrogen and oxygen atoms in total. The first-order valence-electron chi connectivity index (χ1n) is 9.67. The van der Waals surface area contributed by atoms with Crippen LogP contribution in [0.2, 0.25) is 0 Å². The molecule has 0 aromatic heterocycles. The number of phenolic OH excluding ortho intramolecular Hbond substituents is 3. The van der Waals surface area contributed by atoms with Gasteiger partial charge >= 0.3 is 0 Å². The number of ether oxygens (including phenoxy) is 2. The molecule has 1 aliphatic heterocycles. The summed E-state index contributed by atoms with van der Waals surface area (Å²) in [5.74, 6) is 1.33. The van der Waals surface area contributed by atoms with Crippen LogP contribution in [-0.4, -0.2) is 63.2 Å². The molecule has 0 bridgehead atoms. The van der Waals surface area contributed by atoms with E-state index in [-0.39, 0.29) is 17.2 Å². The fraction of sp³-hybridized carbons (Fsp3) is 0.318. The SMILES string of the molecule is Oc1cc(O)cc(/C=C/c2ccc(OCCCSC(=S)N3CCOCC3)c(O)c2)c1. The number of hydrogen-bond donors (Lipinski definition) is 3. The van der Waals surface area contributed by atoms with Crippen LogP contribution in [0.15, 0.2) is 36.4 Å². The molecule has 2 aromatic rings. The number of phenols is 3. The number of nitrogens with zero attached hydrogens (tertiary/aromatic N) is 1. The summed E-state index contributed by atoms with van der Waals surface area (Å²) < 4.78 is 11.9. The highest BCUT2D eigenvalue weighted by atomic mass is 32.2. The summed E-state index contributed by atoms with van der Waals surface area (Å²) in [6.45, 7) is 3.65. The van der Waals surface area contributed by atoms with Crippen molar-refractivity contribution in [3.05, 3.63) is 47.5 Å². The summed E-state index contributed by atoms with van der Waals surface area (Å²) in [6.07, 6.45) is 4.33. The number of thioether (sulfide) groups is 1. The van der Waals surface area contributed by atoms with Crippen molar-refractivity contribution in [3.63, 3.8) is 0 Å². The van der Waals surface area contributed by atoms with Crippen LogP contribution in [0.3, 0.4) is 0 Å². The maximum absolute atomic E-state index is 10.2. The highest BCUT2D eigenvalue weighted by molar-refractivity contribution is 8.22. The average Bonchev–Trinajstić information content (AvgIpc) is 2.73. The van der Waals surface area contributed by atoms with Gasteiger partial charge in [-0.2, -0.15) is 0 Å². The highest BCUT2D eigenvalue weighted by Gasteiger charge is 2.13. The maximum Gasteiger partial charge on any atom is 0.160 e. The number of hydrogen-bond acceptors (Lipinski definition) is 7. The third-order valence-corrected chi connectivity index (χ3v) is 6.03. The second kappa shape index (κ2) is 11.1. The van der Waals surface area contributed by atoms with Crippen LogP contribution < -0.4 is 4.74 Å². The second-order valence-corrected chi connectivity index (χ2v) is 8.49. The molecular weight excluding hydrogens is 422 g/mol. The first-order chi connectivity index (χ1) is 14.5. The van der Waals surface area contributed by atoms with Crippen molar-refractivity contribution >= 4 is 40.5 Å². The molecule has 3 N–H and O–H groups in total. The Morgan fingerprint density at radius 2 is 1.73 bits per heavy atom. The standard InChI is InChI=1S/C22H25NO5S2/c24-18-12-17(13-19(25)15-18)3-2-16-4-5-21(20(26)14-16)28-8-1-11-30-22(29)23-6-9-27-10-7-23/h2-5,12-15,24-26H,1,6-11H2/b3-2+. The van der Waals surface area contributed by atoms with Crippen molar-refractivity contribution in [2.24, 2.45) is 0 Å². The van der Waals surface area contributed by atoms with E-state index in [0.717, 1.165) is 48.4 Å². The molecule has 0 spiro atoms. The smallest absolute Gasteiger partial charge is 0.160 e. The maximum atomic E-state index is 10.2. The van der Waals surface area contributed by atoms with Gasteiger partial charge < -0.3 is 29.7 Å². The summed E-state index contributed by atoms with van der Waals surface area (Å²) in [6, 6.07) is 9.50. The van der Waals surface area contributed by atoms with Gasteiger partial charge in [0.2, 0.25) is 0 Å². The number of benzene rings is 2. The fourth-order valence-corrected chi connectivity index (χ4v) is 4.14. The van der Waals surface area contributed by atoms with Crippen LogP contribution in [0.1, 0.15) is 17.5 Å². The van der Waals surface area contributed by atoms with Gasteiger partial charge in [-0.05, 0) is 41.8 Å². The average molecular weight is 448 g/mol. The molecule has 0 amide bonds. The molecule has 0 unspecified atom stereocenters. The predicted molar refractivity (Wildman–Crippen MR) is 124 cm³/mol. The van der Waals surface area contributed by atoms with Gasteiger partial charge in [-0.15, -0.1) is 0 Å². The van der Waals surface area contributed by atoms with Gasteiger partial charge in [0.25, 0.3) is 0 Å². The summed E-state index contributed by atoms with van der Waals surface area (Å²) in [7, 11) is 0. The molecule has 8 heteroatoms. The van der Waals surface area contributed by atoms with Crippen LogP contribution in [0.25, 0.3) is 12.2 Å². The van der Waals surface area contributed by atoms with Gasteiger partial charge in [0, 0.05) is 24.9 Å². The molecule has 1 saturated heterocycles. The third-order valence-electron chi connectivity index (χ3n) is 4.42. The first kappa shape index (κ1) is 22.3. The molecule has 1 aliphatic rings. The first-order valence-corrected chi connectivity index (χ1v) is 11.1. The van der Waals surface area contributed by atoms with Crippen molar-refractivity contribution in [2.45, 2.75) is 6.42 Å². The minimum Gasteiger partial charge on any atom is -0.508 e. The fourth-order valence-electron chi connectivity index (χ4n) is 2.90. The predicted octanol–water partition coefficient (Wildman–Crippen LogP) is 4.09. The van der Waals surface area contributed by atoms with E-state index in [2.05, 4.69) is 4.90 Å². The summed E-state index contributed by atoms with van der Waals surface area (Å²) in [5, 5.41) is 29.3. The van der Waals surface area contributed by atoms with E-state index in [1.54, 1.807) is 36.0 Å². The summed E-state index contributed by atoms with van der Waals surface area (Å²) in [4.78, 5) is 2.17. The number of thiocarbonyl (C=S) groups is 1. The number of aromatic hydroxyl groups is 3. The molecule has 0 aliphatic carbocycles. The van der Waals surface area contributed by atoms with E-state index in [9.17, 15) is 15.3 Å².